The zero-order valence-electron chi connectivity index (χ0n) is 13.2. The number of rotatable bonds is 1. The van der Waals surface area contributed by atoms with Gasteiger partial charge in [0.15, 0.2) is 0 Å². The van der Waals surface area contributed by atoms with E-state index in [2.05, 4.69) is 0 Å². The number of carbonyl (C=O) groups is 2. The molecule has 2 fully saturated rings. The van der Waals surface area contributed by atoms with Crippen molar-refractivity contribution >= 4 is 12.0 Å². The highest BCUT2D eigenvalue weighted by Gasteiger charge is 2.35. The maximum absolute atomic E-state index is 12.1. The SMILES string of the molecule is CC(C)(C)OC(=O)N1CCCC(N2CC(O)CC2=O)CC1. The predicted octanol–water partition coefficient (Wildman–Crippen LogP) is 1.37. The smallest absolute Gasteiger partial charge is 0.410 e. The summed E-state index contributed by atoms with van der Waals surface area (Å²) < 4.78 is 5.40. The standard InChI is InChI=1S/C15H26N2O4/c1-15(2,3)21-14(20)16-7-4-5-11(6-8-16)17-10-12(18)9-13(17)19/h11-12,18H,4-10H2,1-3H3. The Morgan fingerprint density at radius 2 is 2.00 bits per heavy atom. The summed E-state index contributed by atoms with van der Waals surface area (Å²) in [6, 6.07) is 0.127. The Labute approximate surface area is 126 Å². The van der Waals surface area contributed by atoms with Crippen molar-refractivity contribution in [2.45, 2.75) is 64.2 Å². The number of aliphatic hydroxyl groups is 1. The molecule has 1 N–H and O–H groups in total. The van der Waals surface area contributed by atoms with Crippen molar-refractivity contribution in [2.24, 2.45) is 0 Å². The van der Waals surface area contributed by atoms with Crippen molar-refractivity contribution in [3.8, 4) is 0 Å². The minimum absolute atomic E-state index is 0.0261. The minimum Gasteiger partial charge on any atom is -0.444 e. The van der Waals surface area contributed by atoms with Gasteiger partial charge in [-0.05, 0) is 40.0 Å². The fourth-order valence-corrected chi connectivity index (χ4v) is 2.96. The molecular formula is C15H26N2O4. The fraction of sp³-hybridized carbons (Fsp3) is 0.867. The molecule has 0 aromatic heterocycles. The Hall–Kier alpha value is -1.30. The highest BCUT2D eigenvalue weighted by atomic mass is 16.6. The number of aliphatic hydroxyl groups excluding tert-OH is 1. The van der Waals surface area contributed by atoms with Crippen molar-refractivity contribution in [2.75, 3.05) is 19.6 Å². The highest BCUT2D eigenvalue weighted by molar-refractivity contribution is 5.79. The molecule has 0 spiro atoms. The Bertz CT molecular complexity index is 405. The maximum atomic E-state index is 12.1. The first-order chi connectivity index (χ1) is 9.76. The highest BCUT2D eigenvalue weighted by Crippen LogP contribution is 2.23. The Morgan fingerprint density at radius 1 is 1.29 bits per heavy atom. The lowest BCUT2D eigenvalue weighted by molar-refractivity contribution is -0.129. The van der Waals surface area contributed by atoms with E-state index < -0.39 is 11.7 Å². The van der Waals surface area contributed by atoms with E-state index in [0.29, 0.717) is 19.6 Å². The van der Waals surface area contributed by atoms with Crippen LogP contribution < -0.4 is 0 Å². The van der Waals surface area contributed by atoms with Gasteiger partial charge < -0.3 is 19.6 Å². The first-order valence-corrected chi connectivity index (χ1v) is 7.72. The molecule has 0 bridgehead atoms. The first-order valence-electron chi connectivity index (χ1n) is 7.72. The van der Waals surface area contributed by atoms with Gasteiger partial charge in [0.05, 0.1) is 12.5 Å². The van der Waals surface area contributed by atoms with Crippen LogP contribution in [-0.4, -0.2) is 64.3 Å². The second kappa shape index (κ2) is 6.22. The molecule has 2 heterocycles. The Morgan fingerprint density at radius 3 is 2.57 bits per heavy atom. The zero-order valence-corrected chi connectivity index (χ0v) is 13.2. The van der Waals surface area contributed by atoms with Crippen molar-refractivity contribution in [3.63, 3.8) is 0 Å². The molecule has 0 aliphatic carbocycles. The van der Waals surface area contributed by atoms with Crippen LogP contribution in [0.3, 0.4) is 0 Å². The molecule has 2 aliphatic heterocycles. The van der Waals surface area contributed by atoms with Gasteiger partial charge in [-0.2, -0.15) is 0 Å². The van der Waals surface area contributed by atoms with Gasteiger partial charge >= 0.3 is 6.09 Å². The second-order valence-electron chi connectivity index (χ2n) is 6.96. The van der Waals surface area contributed by atoms with Gasteiger partial charge in [-0.25, -0.2) is 4.79 Å². The van der Waals surface area contributed by atoms with E-state index in [4.69, 9.17) is 4.74 Å². The van der Waals surface area contributed by atoms with E-state index >= 15 is 0 Å². The largest absolute Gasteiger partial charge is 0.444 e. The molecule has 0 aromatic rings. The molecule has 2 rings (SSSR count). The summed E-state index contributed by atoms with van der Waals surface area (Å²) >= 11 is 0. The quantitative estimate of drug-likeness (QED) is 0.794. The third kappa shape index (κ3) is 4.33. The molecule has 6 nitrogen and oxygen atoms in total. The van der Waals surface area contributed by atoms with Gasteiger partial charge in [0.2, 0.25) is 5.91 Å². The van der Waals surface area contributed by atoms with E-state index in [1.807, 2.05) is 20.8 Å². The monoisotopic (exact) mass is 298 g/mol. The second-order valence-corrected chi connectivity index (χ2v) is 6.96. The van der Waals surface area contributed by atoms with Crippen molar-refractivity contribution in [3.05, 3.63) is 0 Å². The third-order valence-corrected chi connectivity index (χ3v) is 3.93. The van der Waals surface area contributed by atoms with Gasteiger partial charge in [-0.1, -0.05) is 0 Å². The number of amides is 2. The van der Waals surface area contributed by atoms with Crippen LogP contribution in [0.25, 0.3) is 0 Å². The van der Waals surface area contributed by atoms with Gasteiger partial charge in [-0.3, -0.25) is 4.79 Å². The van der Waals surface area contributed by atoms with Crippen LogP contribution >= 0.6 is 0 Å². The summed E-state index contributed by atoms with van der Waals surface area (Å²) in [6.07, 6.45) is 1.88. The van der Waals surface area contributed by atoms with E-state index in [1.165, 1.54) is 0 Å². The Kier molecular flexibility index (Phi) is 4.76. The lowest BCUT2D eigenvalue weighted by Gasteiger charge is -2.28. The molecule has 120 valence electrons. The molecule has 2 unspecified atom stereocenters. The van der Waals surface area contributed by atoms with Crippen LogP contribution in [0, 0.1) is 0 Å². The molecule has 2 amide bonds. The molecule has 21 heavy (non-hydrogen) atoms. The van der Waals surface area contributed by atoms with Crippen LogP contribution in [0.15, 0.2) is 0 Å². The fourth-order valence-electron chi connectivity index (χ4n) is 2.96. The third-order valence-electron chi connectivity index (χ3n) is 3.93. The van der Waals surface area contributed by atoms with Crippen LogP contribution in [0.5, 0.6) is 0 Å². The topological polar surface area (TPSA) is 70.1 Å². The van der Waals surface area contributed by atoms with Gasteiger partial charge in [0.25, 0.3) is 0 Å². The van der Waals surface area contributed by atoms with Gasteiger partial charge in [0, 0.05) is 25.7 Å². The number of carbonyl (C=O) groups excluding carboxylic acids is 2. The number of hydrogen-bond donors (Lipinski definition) is 1. The minimum atomic E-state index is -0.539. The summed E-state index contributed by atoms with van der Waals surface area (Å²) in [4.78, 5) is 27.5. The predicted molar refractivity (Wildman–Crippen MR) is 77.8 cm³/mol. The number of ether oxygens (including phenoxy) is 1. The number of nitrogens with zero attached hydrogens (tertiary/aromatic N) is 2. The molecule has 2 atom stereocenters. The molecule has 0 saturated carbocycles. The van der Waals surface area contributed by atoms with E-state index in [1.54, 1.807) is 9.80 Å². The molecular weight excluding hydrogens is 272 g/mol. The molecule has 0 radical (unpaired) electrons. The number of likely N-dealkylation sites (tertiary alicyclic amines) is 2. The average Bonchev–Trinajstić information content (AvgIpc) is 2.58. The number of β-amino-alcohol motifs (C(OH)–C–C–N with tert-alkyl or cyclic N) is 1. The molecule has 0 aromatic carbocycles. The van der Waals surface area contributed by atoms with E-state index in [9.17, 15) is 14.7 Å². The van der Waals surface area contributed by atoms with Crippen LogP contribution in [0.1, 0.15) is 46.5 Å². The average molecular weight is 298 g/mol. The van der Waals surface area contributed by atoms with Crippen molar-refractivity contribution < 1.29 is 19.4 Å². The lowest BCUT2D eigenvalue weighted by Crippen LogP contribution is -2.39. The summed E-state index contributed by atoms with van der Waals surface area (Å²) in [5.41, 5.74) is -0.488. The lowest BCUT2D eigenvalue weighted by atomic mass is 10.1. The summed E-state index contributed by atoms with van der Waals surface area (Å²) in [5, 5.41) is 9.59. The number of hydrogen-bond acceptors (Lipinski definition) is 4. The summed E-state index contributed by atoms with van der Waals surface area (Å²) in [7, 11) is 0. The summed E-state index contributed by atoms with van der Waals surface area (Å²) in [5.74, 6) is 0.0261. The van der Waals surface area contributed by atoms with Crippen molar-refractivity contribution in [1.82, 2.24) is 9.80 Å². The molecule has 6 heteroatoms. The maximum Gasteiger partial charge on any atom is 0.410 e. The Balaban J connectivity index is 1.90. The normalized spacial score (nSPS) is 27.7. The van der Waals surface area contributed by atoms with E-state index in [-0.39, 0.29) is 24.5 Å². The van der Waals surface area contributed by atoms with Gasteiger partial charge in [0.1, 0.15) is 5.60 Å². The first kappa shape index (κ1) is 16.1. The van der Waals surface area contributed by atoms with Crippen LogP contribution in [-0.2, 0) is 9.53 Å². The van der Waals surface area contributed by atoms with E-state index in [0.717, 1.165) is 19.3 Å². The summed E-state index contributed by atoms with van der Waals surface area (Å²) in [6.45, 7) is 7.26. The van der Waals surface area contributed by atoms with Gasteiger partial charge in [-0.15, -0.1) is 0 Å². The molecule has 2 aliphatic rings. The van der Waals surface area contributed by atoms with Crippen LogP contribution in [0.2, 0.25) is 0 Å². The zero-order chi connectivity index (χ0) is 15.6. The van der Waals surface area contributed by atoms with Crippen LogP contribution in [0.4, 0.5) is 4.79 Å². The molecule has 2 saturated heterocycles. The van der Waals surface area contributed by atoms with Crippen molar-refractivity contribution in [1.29, 1.82) is 0 Å².